The van der Waals surface area contributed by atoms with Crippen LogP contribution in [-0.4, -0.2) is 18.5 Å². The van der Waals surface area contributed by atoms with Crippen LogP contribution in [0.1, 0.15) is 26.3 Å². The van der Waals surface area contributed by atoms with Crippen LogP contribution in [0, 0.1) is 0 Å². The summed E-state index contributed by atoms with van der Waals surface area (Å²) >= 11 is 5.88. The molecule has 134 valence electrons. The highest BCUT2D eigenvalue weighted by Crippen LogP contribution is 2.34. The van der Waals surface area contributed by atoms with Gasteiger partial charge in [-0.15, -0.1) is 0 Å². The van der Waals surface area contributed by atoms with Crippen molar-refractivity contribution in [2.45, 2.75) is 0 Å². The van der Waals surface area contributed by atoms with Crippen LogP contribution in [0.2, 0.25) is 5.02 Å². The molecule has 0 unspecified atom stereocenters. The fraction of sp³-hybridized carbons (Fsp3) is 0.0476. The molecule has 0 fully saturated rings. The lowest BCUT2D eigenvalue weighted by molar-refractivity contribution is 0.0996. The lowest BCUT2D eigenvalue weighted by atomic mass is 9.98. The number of rotatable bonds is 4. The minimum Gasteiger partial charge on any atom is -0.454 e. The van der Waals surface area contributed by atoms with E-state index in [1.54, 1.807) is 66.7 Å². The van der Waals surface area contributed by atoms with Gasteiger partial charge in [-0.05, 0) is 42.5 Å². The molecule has 1 aliphatic heterocycles. The van der Waals surface area contributed by atoms with Crippen molar-refractivity contribution < 1.29 is 19.1 Å². The second kappa shape index (κ2) is 7.13. The van der Waals surface area contributed by atoms with Crippen LogP contribution in [0.25, 0.3) is 0 Å². The molecule has 0 aromatic heterocycles. The van der Waals surface area contributed by atoms with Crippen molar-refractivity contribution in [2.24, 2.45) is 0 Å². The van der Waals surface area contributed by atoms with E-state index in [1.807, 2.05) is 0 Å². The van der Waals surface area contributed by atoms with Crippen molar-refractivity contribution in [3.63, 3.8) is 0 Å². The van der Waals surface area contributed by atoms with Crippen molar-refractivity contribution in [2.75, 3.05) is 12.1 Å². The van der Waals surface area contributed by atoms with Gasteiger partial charge in [-0.3, -0.25) is 9.59 Å². The van der Waals surface area contributed by atoms with E-state index in [2.05, 4.69) is 5.32 Å². The Morgan fingerprint density at radius 1 is 0.852 bits per heavy atom. The van der Waals surface area contributed by atoms with Crippen LogP contribution >= 0.6 is 11.6 Å². The third kappa shape index (κ3) is 3.50. The Bertz CT molecular complexity index is 1030. The maximum absolute atomic E-state index is 12.8. The van der Waals surface area contributed by atoms with E-state index < -0.39 is 0 Å². The van der Waals surface area contributed by atoms with Gasteiger partial charge in [0.15, 0.2) is 17.3 Å². The van der Waals surface area contributed by atoms with Gasteiger partial charge in [0.2, 0.25) is 6.79 Å². The molecule has 0 radical (unpaired) electrons. The van der Waals surface area contributed by atoms with Crippen molar-refractivity contribution >= 4 is 29.0 Å². The van der Waals surface area contributed by atoms with E-state index in [1.165, 1.54) is 0 Å². The highest BCUT2D eigenvalue weighted by atomic mass is 35.5. The van der Waals surface area contributed by atoms with Gasteiger partial charge in [-0.1, -0.05) is 29.8 Å². The molecule has 5 nitrogen and oxygen atoms in total. The normalized spacial score (nSPS) is 11.9. The molecule has 0 bridgehead atoms. The molecule has 3 aromatic carbocycles. The molecule has 0 saturated heterocycles. The Balaban J connectivity index is 1.61. The standard InChI is InChI=1S/C21H14ClNO4/c22-14-7-5-13(6-8-14)20(24)16-3-1-2-4-17(16)21(25)23-15-9-10-18-19(11-15)27-12-26-18/h1-11H,12H2,(H,23,25). The summed E-state index contributed by atoms with van der Waals surface area (Å²) in [4.78, 5) is 25.6. The molecule has 1 heterocycles. The average molecular weight is 380 g/mol. The number of ether oxygens (including phenoxy) is 2. The van der Waals surface area contributed by atoms with Crippen LogP contribution in [0.3, 0.4) is 0 Å². The number of fused-ring (bicyclic) bond motifs is 1. The van der Waals surface area contributed by atoms with Crippen molar-refractivity contribution in [3.8, 4) is 11.5 Å². The predicted octanol–water partition coefficient (Wildman–Crippen LogP) is 4.55. The molecule has 1 amide bonds. The van der Waals surface area contributed by atoms with E-state index in [-0.39, 0.29) is 24.0 Å². The van der Waals surface area contributed by atoms with Gasteiger partial charge in [0.05, 0.1) is 5.56 Å². The summed E-state index contributed by atoms with van der Waals surface area (Å²) in [6.07, 6.45) is 0. The Hall–Kier alpha value is -3.31. The van der Waals surface area contributed by atoms with Gasteiger partial charge in [-0.2, -0.15) is 0 Å². The number of nitrogens with one attached hydrogen (secondary N) is 1. The molecular weight excluding hydrogens is 366 g/mol. The third-order valence-corrected chi connectivity index (χ3v) is 4.41. The number of benzene rings is 3. The zero-order chi connectivity index (χ0) is 18.8. The largest absolute Gasteiger partial charge is 0.454 e. The van der Waals surface area contributed by atoms with Gasteiger partial charge in [0.1, 0.15) is 0 Å². The fourth-order valence-electron chi connectivity index (χ4n) is 2.81. The zero-order valence-electron chi connectivity index (χ0n) is 14.1. The van der Waals surface area contributed by atoms with E-state index in [4.69, 9.17) is 21.1 Å². The maximum atomic E-state index is 12.8. The first kappa shape index (κ1) is 17.1. The Kier molecular flexibility index (Phi) is 4.52. The lowest BCUT2D eigenvalue weighted by Crippen LogP contribution is -2.17. The third-order valence-electron chi connectivity index (χ3n) is 4.15. The van der Waals surface area contributed by atoms with Gasteiger partial charge >= 0.3 is 0 Å². The monoisotopic (exact) mass is 379 g/mol. The Labute approximate surface area is 160 Å². The molecule has 1 N–H and O–H groups in total. The molecule has 0 spiro atoms. The molecule has 1 aliphatic rings. The van der Waals surface area contributed by atoms with Gasteiger partial charge in [0, 0.05) is 27.9 Å². The molecule has 6 heteroatoms. The first-order valence-corrected chi connectivity index (χ1v) is 8.60. The summed E-state index contributed by atoms with van der Waals surface area (Å²) in [5, 5.41) is 3.34. The summed E-state index contributed by atoms with van der Waals surface area (Å²) < 4.78 is 10.6. The first-order chi connectivity index (χ1) is 13.1. The Morgan fingerprint density at radius 2 is 1.56 bits per heavy atom. The van der Waals surface area contributed by atoms with Gasteiger partial charge in [-0.25, -0.2) is 0 Å². The van der Waals surface area contributed by atoms with E-state index >= 15 is 0 Å². The number of carbonyl (C=O) groups is 2. The zero-order valence-corrected chi connectivity index (χ0v) is 14.8. The molecule has 3 aromatic rings. The van der Waals surface area contributed by atoms with Crippen molar-refractivity contribution in [1.82, 2.24) is 0 Å². The van der Waals surface area contributed by atoms with Gasteiger partial charge in [0.25, 0.3) is 5.91 Å². The second-order valence-corrected chi connectivity index (χ2v) is 6.34. The van der Waals surface area contributed by atoms with Crippen molar-refractivity contribution in [3.05, 3.63) is 88.4 Å². The number of amides is 1. The minimum absolute atomic E-state index is 0.158. The summed E-state index contributed by atoms with van der Waals surface area (Å²) in [5.74, 6) is 0.569. The summed E-state index contributed by atoms with van der Waals surface area (Å²) in [6, 6.07) is 18.4. The molecule has 27 heavy (non-hydrogen) atoms. The summed E-state index contributed by atoms with van der Waals surface area (Å²) in [5.41, 5.74) is 1.62. The maximum Gasteiger partial charge on any atom is 0.256 e. The van der Waals surface area contributed by atoms with E-state index in [0.717, 1.165) is 0 Å². The highest BCUT2D eigenvalue weighted by Gasteiger charge is 2.19. The van der Waals surface area contributed by atoms with Crippen LogP contribution in [-0.2, 0) is 0 Å². The fourth-order valence-corrected chi connectivity index (χ4v) is 2.93. The number of ketones is 1. The molecule has 0 saturated carbocycles. The molecular formula is C21H14ClNO4. The molecule has 0 atom stereocenters. The quantitative estimate of drug-likeness (QED) is 0.675. The van der Waals surface area contributed by atoms with Gasteiger partial charge < -0.3 is 14.8 Å². The van der Waals surface area contributed by atoms with Crippen LogP contribution in [0.5, 0.6) is 11.5 Å². The summed E-state index contributed by atoms with van der Waals surface area (Å²) in [6.45, 7) is 0.158. The van der Waals surface area contributed by atoms with Crippen LogP contribution in [0.4, 0.5) is 5.69 Å². The molecule has 0 aliphatic carbocycles. The minimum atomic E-state index is -0.383. The van der Waals surface area contributed by atoms with E-state index in [0.29, 0.717) is 33.3 Å². The number of carbonyl (C=O) groups excluding carboxylic acids is 2. The number of halogens is 1. The molecule has 4 rings (SSSR count). The number of hydrogen-bond acceptors (Lipinski definition) is 4. The second-order valence-electron chi connectivity index (χ2n) is 5.90. The lowest BCUT2D eigenvalue weighted by Gasteiger charge is -2.10. The average Bonchev–Trinajstić information content (AvgIpc) is 3.16. The Morgan fingerprint density at radius 3 is 2.33 bits per heavy atom. The number of hydrogen-bond donors (Lipinski definition) is 1. The van der Waals surface area contributed by atoms with Crippen LogP contribution < -0.4 is 14.8 Å². The highest BCUT2D eigenvalue weighted by molar-refractivity contribution is 6.30. The van der Waals surface area contributed by atoms with Crippen molar-refractivity contribution in [1.29, 1.82) is 0 Å². The first-order valence-electron chi connectivity index (χ1n) is 8.22. The summed E-state index contributed by atoms with van der Waals surface area (Å²) in [7, 11) is 0. The SMILES string of the molecule is O=C(Nc1ccc2c(c1)OCO2)c1ccccc1C(=O)c1ccc(Cl)cc1. The predicted molar refractivity (Wildman–Crippen MR) is 102 cm³/mol. The van der Waals surface area contributed by atoms with Crippen LogP contribution in [0.15, 0.2) is 66.7 Å². The van der Waals surface area contributed by atoms with E-state index in [9.17, 15) is 9.59 Å². The number of anilines is 1. The smallest absolute Gasteiger partial charge is 0.256 e. The topological polar surface area (TPSA) is 64.6 Å².